The Morgan fingerprint density at radius 2 is 1.70 bits per heavy atom. The Hall–Kier alpha value is -4.00. The van der Waals surface area contributed by atoms with E-state index >= 15 is 0 Å². The third-order valence-corrected chi connectivity index (χ3v) is 7.16. The minimum absolute atomic E-state index is 0.0997. The molecule has 0 aromatic heterocycles. The zero-order valence-corrected chi connectivity index (χ0v) is 23.9. The molecule has 2 amide bonds. The first kappa shape index (κ1) is 29.0. The van der Waals surface area contributed by atoms with Crippen molar-refractivity contribution in [1.82, 2.24) is 10.2 Å². The molecule has 1 atom stereocenters. The van der Waals surface area contributed by atoms with Crippen LogP contribution in [0.1, 0.15) is 49.3 Å². The maximum absolute atomic E-state index is 13.5. The summed E-state index contributed by atoms with van der Waals surface area (Å²) in [6, 6.07) is 23.5. The molecule has 7 nitrogen and oxygen atoms in total. The summed E-state index contributed by atoms with van der Waals surface area (Å²) in [6.45, 7) is 6.34. The van der Waals surface area contributed by atoms with Gasteiger partial charge in [0.25, 0.3) is 5.91 Å². The Bertz CT molecular complexity index is 1250. The average molecular weight is 544 g/mol. The van der Waals surface area contributed by atoms with E-state index in [1.165, 1.54) is 0 Å². The van der Waals surface area contributed by atoms with Crippen molar-refractivity contribution < 1.29 is 19.1 Å². The van der Waals surface area contributed by atoms with E-state index in [0.29, 0.717) is 31.9 Å². The number of rotatable bonds is 12. The van der Waals surface area contributed by atoms with Crippen molar-refractivity contribution in [3.63, 3.8) is 0 Å². The summed E-state index contributed by atoms with van der Waals surface area (Å²) in [7, 11) is 2.06. The van der Waals surface area contributed by atoms with Crippen LogP contribution in [-0.2, 0) is 22.7 Å². The Balaban J connectivity index is 1.42. The molecule has 1 aliphatic heterocycles. The van der Waals surface area contributed by atoms with E-state index in [0.717, 1.165) is 53.9 Å². The number of aryl methyl sites for hydroxylation is 1. The highest BCUT2D eigenvalue weighted by atomic mass is 16.5. The number of nitrogens with one attached hydrogen (secondary N) is 1. The molecule has 212 valence electrons. The number of nitrogens with zero attached hydrogens (tertiary/aromatic N) is 2. The fraction of sp³-hybridized carbons (Fsp3) is 0.394. The lowest BCUT2D eigenvalue weighted by Crippen LogP contribution is -2.49. The number of anilines is 1. The van der Waals surface area contributed by atoms with Gasteiger partial charge in [0.1, 0.15) is 17.5 Å². The Morgan fingerprint density at radius 3 is 2.42 bits per heavy atom. The molecule has 1 saturated heterocycles. The highest BCUT2D eigenvalue weighted by Crippen LogP contribution is 2.23. The van der Waals surface area contributed by atoms with Crippen molar-refractivity contribution in [2.24, 2.45) is 0 Å². The van der Waals surface area contributed by atoms with Gasteiger partial charge in [-0.15, -0.1) is 0 Å². The number of para-hydroxylation sites is 1. The van der Waals surface area contributed by atoms with Crippen LogP contribution in [0.5, 0.6) is 11.5 Å². The molecule has 3 aromatic rings. The maximum Gasteiger partial charge on any atom is 0.261 e. The summed E-state index contributed by atoms with van der Waals surface area (Å²) in [5.41, 5.74) is 4.26. The predicted octanol–water partition coefficient (Wildman–Crippen LogP) is 5.50. The Labute approximate surface area is 238 Å². The third-order valence-electron chi connectivity index (χ3n) is 7.16. The molecule has 1 aliphatic rings. The summed E-state index contributed by atoms with van der Waals surface area (Å²) in [5.74, 6) is 1.16. The third kappa shape index (κ3) is 8.01. The van der Waals surface area contributed by atoms with E-state index in [1.54, 1.807) is 4.90 Å². The average Bonchev–Trinajstić information content (AvgIpc) is 3.19. The molecule has 1 heterocycles. The van der Waals surface area contributed by atoms with Crippen LogP contribution < -0.4 is 19.7 Å². The minimum Gasteiger partial charge on any atom is -0.493 e. The van der Waals surface area contributed by atoms with Gasteiger partial charge in [0.2, 0.25) is 5.91 Å². The van der Waals surface area contributed by atoms with Crippen molar-refractivity contribution in [3.05, 3.63) is 89.5 Å². The van der Waals surface area contributed by atoms with Gasteiger partial charge in [-0.25, -0.2) is 0 Å². The van der Waals surface area contributed by atoms with Crippen molar-refractivity contribution in [2.75, 3.05) is 31.7 Å². The van der Waals surface area contributed by atoms with Crippen molar-refractivity contribution in [2.45, 2.75) is 58.7 Å². The number of ether oxygens (including phenoxy) is 2. The lowest BCUT2D eigenvalue weighted by Gasteiger charge is -2.30. The van der Waals surface area contributed by atoms with E-state index in [2.05, 4.69) is 36.3 Å². The fourth-order valence-electron chi connectivity index (χ4n) is 4.94. The molecule has 0 saturated carbocycles. The number of amides is 2. The van der Waals surface area contributed by atoms with Gasteiger partial charge < -0.3 is 24.6 Å². The summed E-state index contributed by atoms with van der Waals surface area (Å²) < 4.78 is 11.7. The highest BCUT2D eigenvalue weighted by molar-refractivity contribution is 5.88. The van der Waals surface area contributed by atoms with Crippen LogP contribution in [0.3, 0.4) is 0 Å². The molecule has 4 rings (SSSR count). The summed E-state index contributed by atoms with van der Waals surface area (Å²) >= 11 is 0. The topological polar surface area (TPSA) is 71.1 Å². The molecular formula is C33H41N3O4. The maximum atomic E-state index is 13.5. The number of carbonyl (C=O) groups is 2. The zero-order chi connectivity index (χ0) is 28.3. The second kappa shape index (κ2) is 14.4. The van der Waals surface area contributed by atoms with Gasteiger partial charge in [-0.2, -0.15) is 0 Å². The second-order valence-electron chi connectivity index (χ2n) is 10.4. The second-order valence-corrected chi connectivity index (χ2v) is 10.4. The Morgan fingerprint density at radius 1 is 0.950 bits per heavy atom. The lowest BCUT2D eigenvalue weighted by atomic mass is 10.1. The minimum atomic E-state index is -0.522. The lowest BCUT2D eigenvalue weighted by molar-refractivity contribution is -0.142. The van der Waals surface area contributed by atoms with Crippen LogP contribution in [0.15, 0.2) is 72.8 Å². The first-order chi connectivity index (χ1) is 19.4. The first-order valence-corrected chi connectivity index (χ1v) is 14.2. The molecule has 40 heavy (non-hydrogen) atoms. The summed E-state index contributed by atoms with van der Waals surface area (Å²) in [4.78, 5) is 30.3. The summed E-state index contributed by atoms with van der Waals surface area (Å²) in [6.07, 6.45) is 3.37. The van der Waals surface area contributed by atoms with Gasteiger partial charge >= 0.3 is 0 Å². The van der Waals surface area contributed by atoms with Gasteiger partial charge in [0.15, 0.2) is 6.61 Å². The van der Waals surface area contributed by atoms with E-state index in [9.17, 15) is 9.59 Å². The van der Waals surface area contributed by atoms with Crippen molar-refractivity contribution in [3.8, 4) is 11.5 Å². The van der Waals surface area contributed by atoms with E-state index < -0.39 is 6.04 Å². The molecule has 0 radical (unpaired) electrons. The van der Waals surface area contributed by atoms with Gasteiger partial charge in [0.05, 0.1) is 6.61 Å². The molecule has 0 bridgehead atoms. The largest absolute Gasteiger partial charge is 0.493 e. The molecule has 1 N–H and O–H groups in total. The smallest absolute Gasteiger partial charge is 0.261 e. The molecule has 1 fully saturated rings. The number of hydrogen-bond donors (Lipinski definition) is 1. The number of benzene rings is 3. The first-order valence-electron chi connectivity index (χ1n) is 14.2. The predicted molar refractivity (Wildman–Crippen MR) is 159 cm³/mol. The molecule has 0 unspecified atom stereocenters. The zero-order valence-electron chi connectivity index (χ0n) is 23.9. The summed E-state index contributed by atoms with van der Waals surface area (Å²) in [5, 5.41) is 2.97. The SMILES string of the molecule is CCCOc1ccc(CN(C(=O)COc2ccc(CN(C)c3ccccc3)cc2)[C@H]2CCCCNC2=O)cc1C. The van der Waals surface area contributed by atoms with E-state index in [4.69, 9.17) is 9.47 Å². The molecular weight excluding hydrogens is 502 g/mol. The van der Waals surface area contributed by atoms with Crippen LogP contribution in [0.4, 0.5) is 5.69 Å². The number of hydrogen-bond acceptors (Lipinski definition) is 5. The van der Waals surface area contributed by atoms with E-state index in [-0.39, 0.29) is 18.4 Å². The van der Waals surface area contributed by atoms with Gasteiger partial charge in [-0.3, -0.25) is 9.59 Å². The molecule has 7 heteroatoms. The Kier molecular flexibility index (Phi) is 10.4. The normalized spacial score (nSPS) is 15.1. The van der Waals surface area contributed by atoms with E-state index in [1.807, 2.05) is 67.6 Å². The van der Waals surface area contributed by atoms with Crippen LogP contribution in [0, 0.1) is 6.92 Å². The fourth-order valence-corrected chi connectivity index (χ4v) is 4.94. The monoisotopic (exact) mass is 543 g/mol. The van der Waals surface area contributed by atoms with Gasteiger partial charge in [0, 0.05) is 32.4 Å². The molecule has 0 spiro atoms. The van der Waals surface area contributed by atoms with Crippen molar-refractivity contribution in [1.29, 1.82) is 0 Å². The van der Waals surface area contributed by atoms with Crippen LogP contribution in [0.2, 0.25) is 0 Å². The van der Waals surface area contributed by atoms with Crippen molar-refractivity contribution >= 4 is 17.5 Å². The van der Waals surface area contributed by atoms with Crippen LogP contribution >= 0.6 is 0 Å². The number of carbonyl (C=O) groups excluding carboxylic acids is 2. The standard InChI is InChI=1S/C33H41N3O4/c1-4-20-39-31-18-15-27(21-25(31)2)23-36(30-12-8-9-19-34-33(30)38)32(37)24-40-29-16-13-26(14-17-29)22-35(3)28-10-6-5-7-11-28/h5-7,10-11,13-18,21,30H,4,8-9,12,19-20,22-24H2,1-3H3,(H,34,38)/t30-/m0/s1. The van der Waals surface area contributed by atoms with Gasteiger partial charge in [-0.05, 0) is 79.6 Å². The molecule has 0 aliphatic carbocycles. The van der Waals surface area contributed by atoms with Crippen LogP contribution in [0.25, 0.3) is 0 Å². The molecule has 3 aromatic carbocycles. The quantitative estimate of drug-likeness (QED) is 0.327. The highest BCUT2D eigenvalue weighted by Gasteiger charge is 2.31. The van der Waals surface area contributed by atoms with Crippen LogP contribution in [-0.4, -0.2) is 49.6 Å². The van der Waals surface area contributed by atoms with Gasteiger partial charge in [-0.1, -0.05) is 49.4 Å².